The number of hydrogen-bond acceptors (Lipinski definition) is 4. The van der Waals surface area contributed by atoms with E-state index in [2.05, 4.69) is 4.90 Å². The lowest BCUT2D eigenvalue weighted by Crippen LogP contribution is -2.45. The zero-order valence-corrected chi connectivity index (χ0v) is 13.9. The van der Waals surface area contributed by atoms with Crippen LogP contribution in [0.3, 0.4) is 0 Å². The number of likely N-dealkylation sites (tertiary alicyclic amines) is 1. The van der Waals surface area contributed by atoms with Crippen molar-refractivity contribution in [3.63, 3.8) is 0 Å². The zero-order valence-electron chi connectivity index (χ0n) is 13.1. The molecule has 7 heteroatoms. The summed E-state index contributed by atoms with van der Waals surface area (Å²) >= 11 is 0. The molecular weight excluding hydrogens is 319 g/mol. The molecule has 23 heavy (non-hydrogen) atoms. The molecule has 5 nitrogen and oxygen atoms in total. The number of aliphatic hydroxyl groups excluding tert-OH is 1. The Labute approximate surface area is 136 Å². The van der Waals surface area contributed by atoms with Crippen molar-refractivity contribution in [1.29, 1.82) is 0 Å². The molecule has 2 unspecified atom stereocenters. The lowest BCUT2D eigenvalue weighted by Gasteiger charge is -2.30. The first-order valence-electron chi connectivity index (χ1n) is 8.15. The van der Waals surface area contributed by atoms with Gasteiger partial charge in [0.25, 0.3) is 0 Å². The summed E-state index contributed by atoms with van der Waals surface area (Å²) in [5.41, 5.74) is 0. The third-order valence-electron chi connectivity index (χ3n) is 4.90. The van der Waals surface area contributed by atoms with E-state index in [1.807, 2.05) is 0 Å². The van der Waals surface area contributed by atoms with Gasteiger partial charge in [-0.15, -0.1) is 0 Å². The molecule has 0 spiro atoms. The topological polar surface area (TPSA) is 60.9 Å². The number of nitrogens with zero attached hydrogens (tertiary/aromatic N) is 2. The second-order valence-electron chi connectivity index (χ2n) is 6.32. The van der Waals surface area contributed by atoms with Crippen LogP contribution in [0.15, 0.2) is 29.2 Å². The van der Waals surface area contributed by atoms with Crippen LogP contribution in [0.25, 0.3) is 0 Å². The predicted molar refractivity (Wildman–Crippen MR) is 85.0 cm³/mol. The molecule has 0 radical (unpaired) electrons. The van der Waals surface area contributed by atoms with Crippen molar-refractivity contribution in [1.82, 2.24) is 9.21 Å². The average Bonchev–Trinajstić information content (AvgIpc) is 3.17. The molecule has 2 saturated heterocycles. The Bertz CT molecular complexity index is 652. The van der Waals surface area contributed by atoms with Gasteiger partial charge < -0.3 is 5.11 Å². The van der Waals surface area contributed by atoms with E-state index in [0.29, 0.717) is 13.1 Å². The molecule has 2 heterocycles. The van der Waals surface area contributed by atoms with Crippen molar-refractivity contribution in [3.05, 3.63) is 30.1 Å². The lowest BCUT2D eigenvalue weighted by atomic mass is 10.2. The van der Waals surface area contributed by atoms with Gasteiger partial charge in [-0.1, -0.05) is 12.1 Å². The summed E-state index contributed by atoms with van der Waals surface area (Å²) in [7, 11) is -3.82. The maximum Gasteiger partial charge on any atom is 0.246 e. The third-order valence-corrected chi connectivity index (χ3v) is 6.89. The standard InChI is InChI=1S/C16H23FN2O3S/c17-15-7-1-2-8-16(15)23(21,22)19-10-4-5-13(19)11-18-9-3-6-14(18)12-20/h1-2,7-8,13-14,20H,3-6,9-12H2. The first-order chi connectivity index (χ1) is 11.0. The van der Waals surface area contributed by atoms with E-state index in [1.165, 1.54) is 22.5 Å². The zero-order chi connectivity index (χ0) is 16.4. The molecule has 0 bridgehead atoms. The van der Waals surface area contributed by atoms with Crippen LogP contribution >= 0.6 is 0 Å². The van der Waals surface area contributed by atoms with Crippen molar-refractivity contribution in [2.45, 2.75) is 42.7 Å². The van der Waals surface area contributed by atoms with Crippen molar-refractivity contribution >= 4 is 10.0 Å². The Hall–Kier alpha value is -1.02. The first kappa shape index (κ1) is 16.8. The highest BCUT2D eigenvalue weighted by molar-refractivity contribution is 7.89. The second-order valence-corrected chi connectivity index (χ2v) is 8.17. The SMILES string of the molecule is O=S(=O)(c1ccccc1F)N1CCCC1CN1CCCC1CO. The van der Waals surface area contributed by atoms with Crippen LogP contribution in [0.2, 0.25) is 0 Å². The predicted octanol–water partition coefficient (Wildman–Crippen LogP) is 1.44. The number of sulfonamides is 1. The summed E-state index contributed by atoms with van der Waals surface area (Å²) in [6, 6.07) is 5.52. The first-order valence-corrected chi connectivity index (χ1v) is 9.59. The van der Waals surface area contributed by atoms with Crippen molar-refractivity contribution in [2.24, 2.45) is 0 Å². The normalized spacial score (nSPS) is 26.9. The summed E-state index contributed by atoms with van der Waals surface area (Å²) in [5, 5.41) is 9.43. The molecular formula is C16H23FN2O3S. The third kappa shape index (κ3) is 3.28. The van der Waals surface area contributed by atoms with Gasteiger partial charge in [0.05, 0.1) is 6.61 Å². The number of rotatable bonds is 5. The molecule has 3 rings (SSSR count). The Balaban J connectivity index is 1.80. The molecule has 2 fully saturated rings. The van der Waals surface area contributed by atoms with Crippen LogP contribution in [0, 0.1) is 5.82 Å². The van der Waals surface area contributed by atoms with E-state index < -0.39 is 15.8 Å². The van der Waals surface area contributed by atoms with E-state index >= 15 is 0 Å². The largest absolute Gasteiger partial charge is 0.395 e. The summed E-state index contributed by atoms with van der Waals surface area (Å²) < 4.78 is 41.0. The maximum atomic E-state index is 13.9. The Morgan fingerprint density at radius 3 is 2.57 bits per heavy atom. The number of halogens is 1. The van der Waals surface area contributed by atoms with Crippen molar-refractivity contribution in [2.75, 3.05) is 26.2 Å². The molecule has 1 aromatic rings. The fourth-order valence-electron chi connectivity index (χ4n) is 3.70. The van der Waals surface area contributed by atoms with Crippen LogP contribution in [0.4, 0.5) is 4.39 Å². The van der Waals surface area contributed by atoms with Crippen LogP contribution < -0.4 is 0 Å². The number of benzene rings is 1. The van der Waals surface area contributed by atoms with E-state index in [0.717, 1.165) is 32.2 Å². The summed E-state index contributed by atoms with van der Waals surface area (Å²) in [5.74, 6) is -0.701. The molecule has 0 aliphatic carbocycles. The van der Waals surface area contributed by atoms with Crippen LogP contribution in [0.1, 0.15) is 25.7 Å². The summed E-state index contributed by atoms with van der Waals surface area (Å²) in [6.45, 7) is 2.03. The van der Waals surface area contributed by atoms with Gasteiger partial charge in [-0.25, -0.2) is 12.8 Å². The summed E-state index contributed by atoms with van der Waals surface area (Å²) in [6.07, 6.45) is 3.54. The van der Waals surface area contributed by atoms with E-state index in [9.17, 15) is 17.9 Å². The lowest BCUT2D eigenvalue weighted by molar-refractivity contribution is 0.140. The fourth-order valence-corrected chi connectivity index (χ4v) is 5.45. The van der Waals surface area contributed by atoms with Gasteiger partial charge in [0.15, 0.2) is 0 Å². The van der Waals surface area contributed by atoms with Gasteiger partial charge in [0.1, 0.15) is 10.7 Å². The highest BCUT2D eigenvalue weighted by atomic mass is 32.2. The molecule has 0 saturated carbocycles. The highest BCUT2D eigenvalue weighted by Gasteiger charge is 2.38. The van der Waals surface area contributed by atoms with Crippen LogP contribution in [-0.2, 0) is 10.0 Å². The van der Waals surface area contributed by atoms with Crippen LogP contribution in [-0.4, -0.2) is 61.1 Å². The molecule has 1 N–H and O–H groups in total. The molecule has 2 aliphatic rings. The second kappa shape index (κ2) is 6.84. The van der Waals surface area contributed by atoms with E-state index in [-0.39, 0.29) is 23.6 Å². The Kier molecular flexibility index (Phi) is 5.01. The maximum absolute atomic E-state index is 13.9. The van der Waals surface area contributed by atoms with Gasteiger partial charge in [-0.3, -0.25) is 4.90 Å². The quantitative estimate of drug-likeness (QED) is 0.879. The minimum absolute atomic E-state index is 0.104. The molecule has 2 atom stereocenters. The van der Waals surface area contributed by atoms with Crippen molar-refractivity contribution < 1.29 is 17.9 Å². The smallest absolute Gasteiger partial charge is 0.246 e. The average molecular weight is 342 g/mol. The van der Waals surface area contributed by atoms with Crippen molar-refractivity contribution in [3.8, 4) is 0 Å². The molecule has 0 amide bonds. The van der Waals surface area contributed by atoms with E-state index in [4.69, 9.17) is 0 Å². The molecule has 128 valence electrons. The Morgan fingerprint density at radius 2 is 1.83 bits per heavy atom. The van der Waals surface area contributed by atoms with Crippen LogP contribution in [0.5, 0.6) is 0 Å². The number of hydrogen-bond donors (Lipinski definition) is 1. The monoisotopic (exact) mass is 342 g/mol. The van der Waals surface area contributed by atoms with Gasteiger partial charge in [0.2, 0.25) is 10.0 Å². The minimum Gasteiger partial charge on any atom is -0.395 e. The van der Waals surface area contributed by atoms with Gasteiger partial charge in [-0.2, -0.15) is 4.31 Å². The van der Waals surface area contributed by atoms with E-state index in [1.54, 1.807) is 6.07 Å². The molecule has 0 aromatic heterocycles. The van der Waals surface area contributed by atoms with Gasteiger partial charge >= 0.3 is 0 Å². The molecule has 2 aliphatic heterocycles. The van der Waals surface area contributed by atoms with Gasteiger partial charge in [-0.05, 0) is 44.4 Å². The minimum atomic E-state index is -3.82. The Morgan fingerprint density at radius 1 is 1.13 bits per heavy atom. The highest BCUT2D eigenvalue weighted by Crippen LogP contribution is 2.29. The number of aliphatic hydroxyl groups is 1. The summed E-state index contributed by atoms with van der Waals surface area (Å²) in [4.78, 5) is 1.92. The molecule has 1 aromatic carbocycles. The van der Waals surface area contributed by atoms with Gasteiger partial charge in [0, 0.05) is 25.2 Å². The fraction of sp³-hybridized carbons (Fsp3) is 0.625.